The summed E-state index contributed by atoms with van der Waals surface area (Å²) >= 11 is 0. The lowest BCUT2D eigenvalue weighted by Gasteiger charge is -2.32. The first-order valence-electron chi connectivity index (χ1n) is 9.27. The highest BCUT2D eigenvalue weighted by atomic mass is 16.2. The van der Waals surface area contributed by atoms with Gasteiger partial charge in [0.2, 0.25) is 11.8 Å². The average molecular weight is 330 g/mol. The Morgan fingerprint density at radius 1 is 1.12 bits per heavy atom. The number of carbonyl (C=O) groups is 2. The first-order valence-corrected chi connectivity index (χ1v) is 9.27. The highest BCUT2D eigenvalue weighted by Crippen LogP contribution is 2.22. The number of benzene rings is 1. The smallest absolute Gasteiger partial charge is 0.232 e. The van der Waals surface area contributed by atoms with E-state index in [-0.39, 0.29) is 18.2 Å². The standard InChI is InChI=1S/C20H30N2O2/c1-2-3-7-12-21-19(23)16-20(24)22-13-10-18(11-14-22)15-17-8-5-4-6-9-17/h4-6,8-9,18H,2-3,7,10-16H2,1H3,(H,21,23). The van der Waals surface area contributed by atoms with Crippen LogP contribution in [-0.4, -0.2) is 36.3 Å². The third-order valence-corrected chi connectivity index (χ3v) is 4.75. The molecule has 1 aromatic carbocycles. The molecule has 0 unspecified atom stereocenters. The van der Waals surface area contributed by atoms with E-state index in [1.54, 1.807) is 0 Å². The van der Waals surface area contributed by atoms with Gasteiger partial charge in [0.15, 0.2) is 0 Å². The van der Waals surface area contributed by atoms with E-state index >= 15 is 0 Å². The predicted molar refractivity (Wildman–Crippen MR) is 96.6 cm³/mol. The van der Waals surface area contributed by atoms with Crippen LogP contribution in [-0.2, 0) is 16.0 Å². The fourth-order valence-electron chi connectivity index (χ4n) is 3.25. The number of unbranched alkanes of at least 4 members (excludes halogenated alkanes) is 2. The molecule has 2 amide bonds. The van der Waals surface area contributed by atoms with Gasteiger partial charge in [0.25, 0.3) is 0 Å². The second-order valence-corrected chi connectivity index (χ2v) is 6.75. The molecule has 4 nitrogen and oxygen atoms in total. The van der Waals surface area contributed by atoms with Gasteiger partial charge < -0.3 is 10.2 Å². The lowest BCUT2D eigenvalue weighted by Crippen LogP contribution is -2.41. The minimum atomic E-state index is -0.137. The number of piperidine rings is 1. The molecule has 0 atom stereocenters. The Morgan fingerprint density at radius 3 is 2.50 bits per heavy atom. The predicted octanol–water partition coefficient (Wildman–Crippen LogP) is 3.16. The topological polar surface area (TPSA) is 49.4 Å². The van der Waals surface area contributed by atoms with Gasteiger partial charge in [0.1, 0.15) is 6.42 Å². The van der Waals surface area contributed by atoms with Crippen molar-refractivity contribution in [2.24, 2.45) is 5.92 Å². The van der Waals surface area contributed by atoms with Crippen LogP contribution in [0.4, 0.5) is 0 Å². The summed E-state index contributed by atoms with van der Waals surface area (Å²) in [7, 11) is 0. The van der Waals surface area contributed by atoms with Crippen molar-refractivity contribution >= 4 is 11.8 Å². The first-order chi connectivity index (χ1) is 11.7. The van der Waals surface area contributed by atoms with Gasteiger partial charge in [0, 0.05) is 19.6 Å². The van der Waals surface area contributed by atoms with Crippen LogP contribution in [0.5, 0.6) is 0 Å². The molecule has 1 aromatic rings. The summed E-state index contributed by atoms with van der Waals surface area (Å²) in [6, 6.07) is 10.5. The second-order valence-electron chi connectivity index (χ2n) is 6.75. The van der Waals surface area contributed by atoms with Crippen molar-refractivity contribution < 1.29 is 9.59 Å². The molecule has 0 saturated carbocycles. The van der Waals surface area contributed by atoms with Gasteiger partial charge >= 0.3 is 0 Å². The zero-order chi connectivity index (χ0) is 17.2. The second kappa shape index (κ2) is 10.1. The quantitative estimate of drug-likeness (QED) is 0.588. The first kappa shape index (κ1) is 18.5. The van der Waals surface area contributed by atoms with Crippen LogP contribution in [0.1, 0.15) is 51.0 Å². The maximum atomic E-state index is 12.2. The Morgan fingerprint density at radius 2 is 1.83 bits per heavy atom. The van der Waals surface area contributed by atoms with E-state index in [2.05, 4.69) is 36.5 Å². The van der Waals surface area contributed by atoms with E-state index in [1.165, 1.54) is 5.56 Å². The van der Waals surface area contributed by atoms with Crippen molar-refractivity contribution in [3.8, 4) is 0 Å². The summed E-state index contributed by atoms with van der Waals surface area (Å²) in [5, 5.41) is 2.84. The van der Waals surface area contributed by atoms with Crippen LogP contribution in [0.15, 0.2) is 30.3 Å². The zero-order valence-corrected chi connectivity index (χ0v) is 14.8. The molecular weight excluding hydrogens is 300 g/mol. The van der Waals surface area contributed by atoms with Crippen molar-refractivity contribution in [1.82, 2.24) is 10.2 Å². The van der Waals surface area contributed by atoms with Gasteiger partial charge in [-0.25, -0.2) is 0 Å². The lowest BCUT2D eigenvalue weighted by atomic mass is 9.90. The Labute approximate surface area is 145 Å². The molecule has 1 aliphatic heterocycles. The van der Waals surface area contributed by atoms with Gasteiger partial charge in [-0.1, -0.05) is 50.1 Å². The minimum Gasteiger partial charge on any atom is -0.356 e. The average Bonchev–Trinajstić information content (AvgIpc) is 2.60. The summed E-state index contributed by atoms with van der Waals surface area (Å²) in [6.07, 6.45) is 6.37. The van der Waals surface area contributed by atoms with E-state index in [1.807, 2.05) is 11.0 Å². The van der Waals surface area contributed by atoms with E-state index in [9.17, 15) is 9.59 Å². The number of carbonyl (C=O) groups excluding carboxylic acids is 2. The molecule has 1 fully saturated rings. The van der Waals surface area contributed by atoms with Crippen molar-refractivity contribution in [2.45, 2.75) is 51.9 Å². The molecule has 4 heteroatoms. The largest absolute Gasteiger partial charge is 0.356 e. The minimum absolute atomic E-state index is 0.00449. The third kappa shape index (κ3) is 6.34. The zero-order valence-electron chi connectivity index (χ0n) is 14.8. The van der Waals surface area contributed by atoms with Crippen molar-refractivity contribution in [3.05, 3.63) is 35.9 Å². The number of nitrogens with one attached hydrogen (secondary N) is 1. The van der Waals surface area contributed by atoms with Crippen molar-refractivity contribution in [2.75, 3.05) is 19.6 Å². The SMILES string of the molecule is CCCCCNC(=O)CC(=O)N1CCC(Cc2ccccc2)CC1. The molecule has 0 aromatic heterocycles. The number of hydrogen-bond donors (Lipinski definition) is 1. The van der Waals surface area contributed by atoms with E-state index in [0.29, 0.717) is 12.5 Å². The Hall–Kier alpha value is -1.84. The molecule has 0 aliphatic carbocycles. The Bertz CT molecular complexity index is 508. The lowest BCUT2D eigenvalue weighted by molar-refractivity contribution is -0.137. The molecule has 2 rings (SSSR count). The fourth-order valence-corrected chi connectivity index (χ4v) is 3.25. The summed E-state index contributed by atoms with van der Waals surface area (Å²) < 4.78 is 0. The molecular formula is C20H30N2O2. The van der Waals surface area contributed by atoms with Gasteiger partial charge in [-0.05, 0) is 37.2 Å². The number of hydrogen-bond acceptors (Lipinski definition) is 2. The Balaban J connectivity index is 1.66. The van der Waals surface area contributed by atoms with Crippen LogP contribution >= 0.6 is 0 Å². The normalized spacial score (nSPS) is 15.3. The molecule has 0 spiro atoms. The summed E-state index contributed by atoms with van der Waals surface area (Å²) in [5.41, 5.74) is 1.37. The van der Waals surface area contributed by atoms with Gasteiger partial charge in [-0.15, -0.1) is 0 Å². The maximum Gasteiger partial charge on any atom is 0.232 e. The number of likely N-dealkylation sites (tertiary alicyclic amines) is 1. The van der Waals surface area contributed by atoms with Gasteiger partial charge in [-0.2, -0.15) is 0 Å². The maximum absolute atomic E-state index is 12.2. The van der Waals surface area contributed by atoms with Crippen LogP contribution in [0.25, 0.3) is 0 Å². The number of rotatable bonds is 8. The summed E-state index contributed by atoms with van der Waals surface area (Å²) in [5.74, 6) is 0.475. The van der Waals surface area contributed by atoms with Gasteiger partial charge in [-0.3, -0.25) is 9.59 Å². The molecule has 1 heterocycles. The van der Waals surface area contributed by atoms with Crippen LogP contribution in [0.2, 0.25) is 0 Å². The monoisotopic (exact) mass is 330 g/mol. The van der Waals surface area contributed by atoms with Gasteiger partial charge in [0.05, 0.1) is 0 Å². The highest BCUT2D eigenvalue weighted by Gasteiger charge is 2.24. The molecule has 1 saturated heterocycles. The Kier molecular flexibility index (Phi) is 7.80. The van der Waals surface area contributed by atoms with E-state index in [4.69, 9.17) is 0 Å². The molecule has 1 N–H and O–H groups in total. The third-order valence-electron chi connectivity index (χ3n) is 4.75. The van der Waals surface area contributed by atoms with Crippen LogP contribution < -0.4 is 5.32 Å². The number of amides is 2. The van der Waals surface area contributed by atoms with E-state index in [0.717, 1.165) is 51.6 Å². The van der Waals surface area contributed by atoms with Crippen LogP contribution in [0.3, 0.4) is 0 Å². The number of nitrogens with zero attached hydrogens (tertiary/aromatic N) is 1. The van der Waals surface area contributed by atoms with E-state index < -0.39 is 0 Å². The van der Waals surface area contributed by atoms with Crippen molar-refractivity contribution in [1.29, 1.82) is 0 Å². The highest BCUT2D eigenvalue weighted by molar-refractivity contribution is 5.96. The van der Waals surface area contributed by atoms with Crippen molar-refractivity contribution in [3.63, 3.8) is 0 Å². The summed E-state index contributed by atoms with van der Waals surface area (Å²) in [6.45, 7) is 4.37. The van der Waals surface area contributed by atoms with Crippen LogP contribution in [0, 0.1) is 5.92 Å². The molecule has 1 aliphatic rings. The fraction of sp³-hybridized carbons (Fsp3) is 0.600. The molecule has 0 radical (unpaired) electrons. The molecule has 0 bridgehead atoms. The molecule has 132 valence electrons. The molecule has 24 heavy (non-hydrogen) atoms. The summed E-state index contributed by atoms with van der Waals surface area (Å²) in [4.78, 5) is 25.9.